The Balaban J connectivity index is 1.75. The molecule has 1 atom stereocenters. The Kier molecular flexibility index (Phi) is 5.00. The number of aromatic nitrogens is 1. The second-order valence-electron chi connectivity index (χ2n) is 6.69. The number of benzene rings is 1. The number of aryl methyl sites for hydroxylation is 1. The van der Waals surface area contributed by atoms with Crippen molar-refractivity contribution in [2.45, 2.75) is 45.7 Å². The molecule has 0 bridgehead atoms. The molecule has 5 heteroatoms. The minimum absolute atomic E-state index is 0.119. The number of hydrogen-bond acceptors (Lipinski definition) is 4. The van der Waals surface area contributed by atoms with E-state index in [9.17, 15) is 4.79 Å². The van der Waals surface area contributed by atoms with E-state index in [1.807, 2.05) is 62.1 Å². The summed E-state index contributed by atoms with van der Waals surface area (Å²) in [6, 6.07) is 12.1. The van der Waals surface area contributed by atoms with Crippen molar-refractivity contribution in [2.75, 3.05) is 18.0 Å². The van der Waals surface area contributed by atoms with Crippen LogP contribution in [0.15, 0.2) is 40.9 Å². The number of likely N-dealkylation sites (tertiary alicyclic amines) is 1. The fourth-order valence-electron chi connectivity index (χ4n) is 3.45. The lowest BCUT2D eigenvalue weighted by Gasteiger charge is -2.30. The number of nitrogens with zero attached hydrogens (tertiary/aromatic N) is 3. The molecule has 2 heterocycles. The van der Waals surface area contributed by atoms with E-state index in [4.69, 9.17) is 4.52 Å². The molecule has 3 rings (SSSR count). The van der Waals surface area contributed by atoms with Crippen molar-refractivity contribution in [3.63, 3.8) is 0 Å². The molecule has 0 spiro atoms. The van der Waals surface area contributed by atoms with Crippen molar-refractivity contribution < 1.29 is 9.32 Å². The molecule has 0 saturated carbocycles. The second-order valence-corrected chi connectivity index (χ2v) is 6.69. The first kappa shape index (κ1) is 16.7. The highest BCUT2D eigenvalue weighted by atomic mass is 16.5. The zero-order chi connectivity index (χ0) is 17.1. The van der Waals surface area contributed by atoms with E-state index in [0.29, 0.717) is 6.54 Å². The summed E-state index contributed by atoms with van der Waals surface area (Å²) in [4.78, 5) is 17.0. The molecule has 1 aromatic carbocycles. The van der Waals surface area contributed by atoms with Crippen LogP contribution in [0.1, 0.15) is 44.2 Å². The van der Waals surface area contributed by atoms with Crippen LogP contribution < -0.4 is 4.90 Å². The first-order valence-electron chi connectivity index (χ1n) is 8.60. The Labute approximate surface area is 143 Å². The third kappa shape index (κ3) is 3.51. The van der Waals surface area contributed by atoms with Crippen molar-refractivity contribution in [3.05, 3.63) is 47.9 Å². The number of rotatable bonds is 5. The SMILES string of the molecule is Cc1cc([C@H]2CCCN2CC(=O)N(c2ccccc2)C(C)C)on1. The van der Waals surface area contributed by atoms with Crippen LogP contribution in [0.2, 0.25) is 0 Å². The lowest BCUT2D eigenvalue weighted by atomic mass is 10.1. The highest BCUT2D eigenvalue weighted by Gasteiger charge is 2.32. The van der Waals surface area contributed by atoms with E-state index in [2.05, 4.69) is 10.1 Å². The maximum atomic E-state index is 13.0. The Morgan fingerprint density at radius 2 is 2.12 bits per heavy atom. The van der Waals surface area contributed by atoms with E-state index >= 15 is 0 Å². The average molecular weight is 327 g/mol. The molecule has 0 unspecified atom stereocenters. The van der Waals surface area contributed by atoms with E-state index in [0.717, 1.165) is 36.5 Å². The molecule has 1 aliphatic rings. The maximum absolute atomic E-state index is 13.0. The van der Waals surface area contributed by atoms with Crippen LogP contribution in [0.3, 0.4) is 0 Å². The predicted molar refractivity (Wildman–Crippen MR) is 93.9 cm³/mol. The Morgan fingerprint density at radius 3 is 2.75 bits per heavy atom. The quantitative estimate of drug-likeness (QED) is 0.842. The molecule has 1 amide bonds. The highest BCUT2D eigenvalue weighted by molar-refractivity contribution is 5.95. The average Bonchev–Trinajstić information content (AvgIpc) is 3.17. The molecule has 1 saturated heterocycles. The zero-order valence-electron chi connectivity index (χ0n) is 14.6. The van der Waals surface area contributed by atoms with Gasteiger partial charge in [0.25, 0.3) is 0 Å². The van der Waals surface area contributed by atoms with Gasteiger partial charge in [-0.1, -0.05) is 23.4 Å². The second kappa shape index (κ2) is 7.18. The number of amides is 1. The molecule has 24 heavy (non-hydrogen) atoms. The van der Waals surface area contributed by atoms with Crippen molar-refractivity contribution in [1.29, 1.82) is 0 Å². The number of carbonyl (C=O) groups is 1. The number of carbonyl (C=O) groups excluding carboxylic acids is 1. The molecular weight excluding hydrogens is 302 g/mol. The van der Waals surface area contributed by atoms with Crippen LogP contribution in [0.5, 0.6) is 0 Å². The van der Waals surface area contributed by atoms with Crippen LogP contribution in [0.25, 0.3) is 0 Å². The van der Waals surface area contributed by atoms with Gasteiger partial charge >= 0.3 is 0 Å². The lowest BCUT2D eigenvalue weighted by Crippen LogP contribution is -2.43. The fourth-order valence-corrected chi connectivity index (χ4v) is 3.45. The van der Waals surface area contributed by atoms with Crippen molar-refractivity contribution in [3.8, 4) is 0 Å². The number of anilines is 1. The molecule has 1 aliphatic heterocycles. The van der Waals surface area contributed by atoms with Crippen molar-refractivity contribution in [2.24, 2.45) is 0 Å². The van der Waals surface area contributed by atoms with Crippen molar-refractivity contribution in [1.82, 2.24) is 10.1 Å². The molecule has 1 aromatic heterocycles. The molecule has 1 fully saturated rings. The van der Waals surface area contributed by atoms with Gasteiger partial charge in [-0.25, -0.2) is 0 Å². The summed E-state index contributed by atoms with van der Waals surface area (Å²) in [7, 11) is 0. The van der Waals surface area contributed by atoms with Crippen LogP contribution in [0, 0.1) is 6.92 Å². The van der Waals surface area contributed by atoms with Crippen LogP contribution >= 0.6 is 0 Å². The lowest BCUT2D eigenvalue weighted by molar-refractivity contribution is -0.120. The molecule has 128 valence electrons. The summed E-state index contributed by atoms with van der Waals surface area (Å²) >= 11 is 0. The molecular formula is C19H25N3O2. The predicted octanol–water partition coefficient (Wildman–Crippen LogP) is 3.56. The van der Waals surface area contributed by atoms with Gasteiger partial charge < -0.3 is 9.42 Å². The monoisotopic (exact) mass is 327 g/mol. The van der Waals surface area contributed by atoms with Crippen LogP contribution in [-0.2, 0) is 4.79 Å². The molecule has 2 aromatic rings. The van der Waals surface area contributed by atoms with Crippen molar-refractivity contribution >= 4 is 11.6 Å². The van der Waals surface area contributed by atoms with E-state index < -0.39 is 0 Å². The minimum Gasteiger partial charge on any atom is -0.359 e. The Bertz CT molecular complexity index is 681. The van der Waals surface area contributed by atoms with Gasteiger partial charge in [0, 0.05) is 17.8 Å². The van der Waals surface area contributed by atoms with Gasteiger partial charge in [-0.3, -0.25) is 9.69 Å². The Hall–Kier alpha value is -2.14. The van der Waals surface area contributed by atoms with Gasteiger partial charge in [0.1, 0.15) is 0 Å². The zero-order valence-corrected chi connectivity index (χ0v) is 14.6. The van der Waals surface area contributed by atoms with Gasteiger partial charge in [-0.05, 0) is 52.3 Å². The van der Waals surface area contributed by atoms with Gasteiger partial charge in [-0.2, -0.15) is 0 Å². The summed E-state index contributed by atoms with van der Waals surface area (Å²) < 4.78 is 5.44. The molecule has 0 N–H and O–H groups in total. The number of para-hydroxylation sites is 1. The summed E-state index contributed by atoms with van der Waals surface area (Å²) in [5.74, 6) is 0.993. The molecule has 0 aliphatic carbocycles. The summed E-state index contributed by atoms with van der Waals surface area (Å²) in [6.07, 6.45) is 2.08. The topological polar surface area (TPSA) is 49.6 Å². The normalized spacial score (nSPS) is 18.2. The first-order chi connectivity index (χ1) is 11.6. The number of hydrogen-bond donors (Lipinski definition) is 0. The summed E-state index contributed by atoms with van der Waals surface area (Å²) in [5.41, 5.74) is 1.83. The van der Waals surface area contributed by atoms with Crippen LogP contribution in [-0.4, -0.2) is 35.1 Å². The van der Waals surface area contributed by atoms with Gasteiger partial charge in [-0.15, -0.1) is 0 Å². The summed E-state index contributed by atoms with van der Waals surface area (Å²) in [5, 5.41) is 3.99. The molecule has 5 nitrogen and oxygen atoms in total. The summed E-state index contributed by atoms with van der Waals surface area (Å²) in [6.45, 7) is 7.33. The van der Waals surface area contributed by atoms with Gasteiger partial charge in [0.05, 0.1) is 18.3 Å². The third-order valence-corrected chi connectivity index (χ3v) is 4.50. The van der Waals surface area contributed by atoms with Gasteiger partial charge in [0.15, 0.2) is 5.76 Å². The smallest absolute Gasteiger partial charge is 0.241 e. The molecule has 0 radical (unpaired) electrons. The minimum atomic E-state index is 0.119. The van der Waals surface area contributed by atoms with Crippen LogP contribution in [0.4, 0.5) is 5.69 Å². The van der Waals surface area contributed by atoms with E-state index in [1.165, 1.54) is 0 Å². The first-order valence-corrected chi connectivity index (χ1v) is 8.60. The van der Waals surface area contributed by atoms with E-state index in [-0.39, 0.29) is 18.0 Å². The standard InChI is InChI=1S/C19H25N3O2/c1-14(2)22(16-8-5-4-6-9-16)19(23)13-21-11-7-10-17(21)18-12-15(3)20-24-18/h4-6,8-9,12,14,17H,7,10-11,13H2,1-3H3/t17-/m1/s1. The third-order valence-electron chi connectivity index (χ3n) is 4.50. The fraction of sp³-hybridized carbons (Fsp3) is 0.474. The largest absolute Gasteiger partial charge is 0.359 e. The maximum Gasteiger partial charge on any atom is 0.241 e. The van der Waals surface area contributed by atoms with Gasteiger partial charge in [0.2, 0.25) is 5.91 Å². The van der Waals surface area contributed by atoms with E-state index in [1.54, 1.807) is 0 Å². The highest BCUT2D eigenvalue weighted by Crippen LogP contribution is 2.32. The Morgan fingerprint density at radius 1 is 1.38 bits per heavy atom.